The summed E-state index contributed by atoms with van der Waals surface area (Å²) in [5, 5.41) is 16.7. The van der Waals surface area contributed by atoms with Gasteiger partial charge in [-0.25, -0.2) is 0 Å². The second-order valence-electron chi connectivity index (χ2n) is 2.73. The summed E-state index contributed by atoms with van der Waals surface area (Å²) in [7, 11) is 0. The SMILES string of the molecule is CCOCC.Oc1c(F)c(F)c(O)c(F)c1F. The first kappa shape index (κ1) is 15.5. The molecule has 0 bridgehead atoms. The highest BCUT2D eigenvalue weighted by Gasteiger charge is 2.24. The molecule has 0 atom stereocenters. The molecule has 0 saturated heterocycles. The third-order valence-electron chi connectivity index (χ3n) is 1.63. The van der Waals surface area contributed by atoms with E-state index in [-0.39, 0.29) is 0 Å². The minimum absolute atomic E-state index is 0.844. The first-order valence-electron chi connectivity index (χ1n) is 4.69. The number of hydrogen-bond acceptors (Lipinski definition) is 3. The summed E-state index contributed by atoms with van der Waals surface area (Å²) in [6, 6.07) is 0. The van der Waals surface area contributed by atoms with Crippen molar-refractivity contribution in [1.29, 1.82) is 0 Å². The molecule has 17 heavy (non-hydrogen) atoms. The van der Waals surface area contributed by atoms with Crippen LogP contribution in [0.15, 0.2) is 0 Å². The molecule has 0 amide bonds. The van der Waals surface area contributed by atoms with E-state index in [9.17, 15) is 17.6 Å². The van der Waals surface area contributed by atoms with Crippen molar-refractivity contribution in [3.05, 3.63) is 23.3 Å². The van der Waals surface area contributed by atoms with Crippen LogP contribution in [0.1, 0.15) is 13.8 Å². The highest BCUT2D eigenvalue weighted by atomic mass is 19.2. The monoisotopic (exact) mass is 256 g/mol. The first-order chi connectivity index (χ1) is 7.88. The van der Waals surface area contributed by atoms with Crippen molar-refractivity contribution in [2.45, 2.75) is 13.8 Å². The molecule has 0 saturated carbocycles. The number of benzene rings is 1. The molecule has 1 aromatic rings. The van der Waals surface area contributed by atoms with E-state index in [1.54, 1.807) is 0 Å². The largest absolute Gasteiger partial charge is 0.503 e. The van der Waals surface area contributed by atoms with Gasteiger partial charge in [-0.05, 0) is 13.8 Å². The maximum absolute atomic E-state index is 12.2. The quantitative estimate of drug-likeness (QED) is 0.486. The fourth-order valence-electron chi connectivity index (χ4n) is 0.813. The number of phenolic OH excluding ortho intramolecular Hbond substituents is 2. The molecule has 0 heterocycles. The van der Waals surface area contributed by atoms with Gasteiger partial charge in [-0.1, -0.05) is 0 Å². The second kappa shape index (κ2) is 6.95. The average molecular weight is 256 g/mol. The van der Waals surface area contributed by atoms with Crippen molar-refractivity contribution in [3.63, 3.8) is 0 Å². The van der Waals surface area contributed by atoms with E-state index in [4.69, 9.17) is 14.9 Å². The molecule has 2 N–H and O–H groups in total. The first-order valence-corrected chi connectivity index (χ1v) is 4.69. The van der Waals surface area contributed by atoms with E-state index in [0.717, 1.165) is 13.2 Å². The maximum atomic E-state index is 12.2. The Labute approximate surface area is 95.3 Å². The number of phenols is 2. The summed E-state index contributed by atoms with van der Waals surface area (Å²) in [5.41, 5.74) is 0. The summed E-state index contributed by atoms with van der Waals surface area (Å²) in [5.74, 6) is -11.7. The van der Waals surface area contributed by atoms with Crippen LogP contribution in [0.5, 0.6) is 11.5 Å². The molecular formula is C10H12F4O3. The summed E-state index contributed by atoms with van der Waals surface area (Å²) >= 11 is 0. The molecule has 98 valence electrons. The molecule has 0 aliphatic rings. The van der Waals surface area contributed by atoms with E-state index >= 15 is 0 Å². The summed E-state index contributed by atoms with van der Waals surface area (Å²) in [4.78, 5) is 0. The van der Waals surface area contributed by atoms with Crippen LogP contribution in [0.25, 0.3) is 0 Å². The molecule has 1 rings (SSSR count). The van der Waals surface area contributed by atoms with Crippen molar-refractivity contribution in [1.82, 2.24) is 0 Å². The lowest BCUT2D eigenvalue weighted by atomic mass is 10.2. The molecule has 0 fully saturated rings. The van der Waals surface area contributed by atoms with Gasteiger partial charge in [-0.2, -0.15) is 17.6 Å². The van der Waals surface area contributed by atoms with Crippen LogP contribution < -0.4 is 0 Å². The lowest BCUT2D eigenvalue weighted by Gasteiger charge is -2.02. The van der Waals surface area contributed by atoms with Gasteiger partial charge in [-0.15, -0.1) is 0 Å². The zero-order chi connectivity index (χ0) is 13.6. The van der Waals surface area contributed by atoms with Gasteiger partial charge in [0, 0.05) is 13.2 Å². The van der Waals surface area contributed by atoms with Crippen molar-refractivity contribution < 1.29 is 32.5 Å². The predicted molar refractivity (Wildman–Crippen MR) is 51.8 cm³/mol. The number of ether oxygens (including phenoxy) is 1. The van der Waals surface area contributed by atoms with Crippen LogP contribution in [0.3, 0.4) is 0 Å². The zero-order valence-corrected chi connectivity index (χ0v) is 9.23. The predicted octanol–water partition coefficient (Wildman–Crippen LogP) is 2.70. The van der Waals surface area contributed by atoms with Gasteiger partial charge >= 0.3 is 0 Å². The van der Waals surface area contributed by atoms with E-state index in [1.807, 2.05) is 13.8 Å². The Kier molecular flexibility index (Phi) is 6.34. The maximum Gasteiger partial charge on any atom is 0.207 e. The third kappa shape index (κ3) is 3.77. The van der Waals surface area contributed by atoms with Crippen LogP contribution in [0, 0.1) is 23.3 Å². The number of halogens is 4. The number of aromatic hydroxyl groups is 2. The van der Waals surface area contributed by atoms with Gasteiger partial charge in [0.2, 0.25) is 23.3 Å². The number of hydrogen-bond donors (Lipinski definition) is 2. The van der Waals surface area contributed by atoms with Crippen LogP contribution >= 0.6 is 0 Å². The van der Waals surface area contributed by atoms with E-state index in [2.05, 4.69) is 0 Å². The fraction of sp³-hybridized carbons (Fsp3) is 0.400. The molecule has 0 spiro atoms. The molecular weight excluding hydrogens is 244 g/mol. The van der Waals surface area contributed by atoms with Crippen LogP contribution in [0.4, 0.5) is 17.6 Å². The fourth-order valence-corrected chi connectivity index (χ4v) is 0.813. The Morgan fingerprint density at radius 2 is 1.00 bits per heavy atom. The van der Waals surface area contributed by atoms with Gasteiger partial charge in [0.1, 0.15) is 0 Å². The van der Waals surface area contributed by atoms with E-state index in [1.165, 1.54) is 0 Å². The molecule has 0 radical (unpaired) electrons. The molecule has 0 aliphatic carbocycles. The third-order valence-corrected chi connectivity index (χ3v) is 1.63. The summed E-state index contributed by atoms with van der Waals surface area (Å²) in [6.07, 6.45) is 0. The molecule has 3 nitrogen and oxygen atoms in total. The Balaban J connectivity index is 0.000000437. The normalized spacial score (nSPS) is 9.76. The average Bonchev–Trinajstić information content (AvgIpc) is 2.33. The second-order valence-corrected chi connectivity index (χ2v) is 2.73. The Morgan fingerprint density at radius 1 is 0.765 bits per heavy atom. The van der Waals surface area contributed by atoms with Gasteiger partial charge in [0.25, 0.3) is 0 Å². The van der Waals surface area contributed by atoms with Crippen LogP contribution in [-0.4, -0.2) is 23.4 Å². The summed E-state index contributed by atoms with van der Waals surface area (Å²) in [6.45, 7) is 5.67. The standard InChI is InChI=1S/C6H2F4O2.C4H10O/c7-1-2(8)6(12)4(10)3(9)5(1)11;1-3-5-4-2/h11-12H;3-4H2,1-2H3. The molecule has 0 unspecified atom stereocenters. The molecule has 1 aromatic carbocycles. The van der Waals surface area contributed by atoms with Crippen molar-refractivity contribution in [3.8, 4) is 11.5 Å². The van der Waals surface area contributed by atoms with E-state index in [0.29, 0.717) is 0 Å². The van der Waals surface area contributed by atoms with Crippen LogP contribution in [0.2, 0.25) is 0 Å². The Hall–Kier alpha value is -1.50. The van der Waals surface area contributed by atoms with E-state index < -0.39 is 34.8 Å². The molecule has 0 aromatic heterocycles. The van der Waals surface area contributed by atoms with Gasteiger partial charge in [-0.3, -0.25) is 0 Å². The van der Waals surface area contributed by atoms with Gasteiger partial charge in [0.15, 0.2) is 11.5 Å². The minimum Gasteiger partial charge on any atom is -0.503 e. The highest BCUT2D eigenvalue weighted by molar-refractivity contribution is 5.36. The lowest BCUT2D eigenvalue weighted by molar-refractivity contribution is 0.162. The minimum atomic E-state index is -2.02. The van der Waals surface area contributed by atoms with Crippen molar-refractivity contribution >= 4 is 0 Å². The van der Waals surface area contributed by atoms with Gasteiger partial charge < -0.3 is 14.9 Å². The molecule has 0 aliphatic heterocycles. The van der Waals surface area contributed by atoms with Gasteiger partial charge in [0.05, 0.1) is 0 Å². The summed E-state index contributed by atoms with van der Waals surface area (Å²) < 4.78 is 53.8. The lowest BCUT2D eigenvalue weighted by Crippen LogP contribution is -1.94. The molecule has 7 heteroatoms. The van der Waals surface area contributed by atoms with Crippen molar-refractivity contribution in [2.24, 2.45) is 0 Å². The zero-order valence-electron chi connectivity index (χ0n) is 9.23. The highest BCUT2D eigenvalue weighted by Crippen LogP contribution is 2.32. The Bertz CT molecular complexity index is 275. The Morgan fingerprint density at radius 3 is 1.12 bits per heavy atom. The number of rotatable bonds is 2. The van der Waals surface area contributed by atoms with Crippen LogP contribution in [-0.2, 0) is 4.74 Å². The topological polar surface area (TPSA) is 49.7 Å². The van der Waals surface area contributed by atoms with Crippen molar-refractivity contribution in [2.75, 3.05) is 13.2 Å². The smallest absolute Gasteiger partial charge is 0.207 e.